The van der Waals surface area contributed by atoms with E-state index in [9.17, 15) is 48.9 Å². The average molecular weight is 869 g/mol. The van der Waals surface area contributed by atoms with Gasteiger partial charge in [-0.05, 0) is 67.7 Å². The lowest BCUT2D eigenvalue weighted by atomic mass is 9.95. The molecule has 0 unspecified atom stereocenters. The van der Waals surface area contributed by atoms with Gasteiger partial charge in [0.15, 0.2) is 0 Å². The number of hydrogen-bond acceptors (Lipinski definition) is 11. The van der Waals surface area contributed by atoms with Crippen LogP contribution < -0.4 is 43.0 Å². The highest BCUT2D eigenvalue weighted by molar-refractivity contribution is 5.95. The number of aliphatic carboxylic acids is 1. The van der Waals surface area contributed by atoms with Gasteiger partial charge in [-0.3, -0.25) is 33.6 Å². The van der Waals surface area contributed by atoms with Gasteiger partial charge in [-0.25, -0.2) is 0 Å². The monoisotopic (exact) mass is 869 g/mol. The number of hydrogen-bond donors (Lipinski definition) is 11. The Bertz CT molecular complexity index is 1780. The summed E-state index contributed by atoms with van der Waals surface area (Å²) in [4.78, 5) is 91.7. The molecule has 62 heavy (non-hydrogen) atoms. The van der Waals surface area contributed by atoms with Crippen LogP contribution in [0, 0.1) is 17.8 Å². The number of carboxylic acid groups (broad SMARTS) is 1. The number of aromatic hydroxyl groups is 1. The maximum absolute atomic E-state index is 14.2. The fourth-order valence-electron chi connectivity index (χ4n) is 6.30. The molecule has 0 spiro atoms. The topological polar surface area (TPSA) is 290 Å². The molecule has 6 amide bonds. The Morgan fingerprint density at radius 1 is 0.629 bits per heavy atom. The third-order valence-corrected chi connectivity index (χ3v) is 10.8. The highest BCUT2D eigenvalue weighted by Gasteiger charge is 2.34. The molecule has 18 nitrogen and oxygen atoms in total. The van der Waals surface area contributed by atoms with Gasteiger partial charge in [0.05, 0.1) is 24.7 Å². The number of aliphatic hydroxyl groups excluding tert-OH is 1. The van der Waals surface area contributed by atoms with E-state index < -0.39 is 108 Å². The number of phenolic OH excluding ortho intramolecular Hbond substituents is 1. The van der Waals surface area contributed by atoms with Crippen LogP contribution in [-0.2, 0) is 46.4 Å². The minimum atomic E-state index is -1.37. The Kier molecular flexibility index (Phi) is 22.0. The van der Waals surface area contributed by atoms with Crippen molar-refractivity contribution in [2.45, 2.75) is 129 Å². The molecule has 0 bridgehead atoms. The quantitative estimate of drug-likeness (QED) is 0.0607. The maximum Gasteiger partial charge on any atom is 0.325 e. The SMILES string of the molecule is CC[C@H](C)[C@H](N)C(=O)N[C@H](C(=O)NCC(=O)N[C@H](CN[C@@H](Cc1ccc(O)cc1)C(=O)N[C@H](C(=O)N[C@H](C(=O)N[C@@H](C)C(=O)O)C(C)C)[C@@H](C)CC)Cc1ccccc1)[C@@H](C)O. The maximum atomic E-state index is 14.2. The number of phenols is 1. The molecule has 18 heteroatoms. The number of carboxylic acids is 1. The first kappa shape index (κ1) is 52.5. The lowest BCUT2D eigenvalue weighted by Crippen LogP contribution is -2.60. The molecule has 0 fully saturated rings. The second-order valence-corrected chi connectivity index (χ2v) is 16.3. The van der Waals surface area contributed by atoms with E-state index in [-0.39, 0.29) is 24.6 Å². The van der Waals surface area contributed by atoms with Crippen molar-refractivity contribution in [1.82, 2.24) is 37.2 Å². The number of carbonyl (C=O) groups is 7. The van der Waals surface area contributed by atoms with Crippen LogP contribution in [0.15, 0.2) is 54.6 Å². The summed E-state index contributed by atoms with van der Waals surface area (Å²) in [5.74, 6) is -6.13. The van der Waals surface area contributed by atoms with Crippen molar-refractivity contribution < 1.29 is 48.9 Å². The summed E-state index contributed by atoms with van der Waals surface area (Å²) in [7, 11) is 0. The number of rotatable bonds is 26. The van der Waals surface area contributed by atoms with Gasteiger partial charge in [-0.15, -0.1) is 0 Å². The van der Waals surface area contributed by atoms with Crippen LogP contribution >= 0.6 is 0 Å². The fourth-order valence-corrected chi connectivity index (χ4v) is 6.30. The minimum Gasteiger partial charge on any atom is -0.508 e. The van der Waals surface area contributed by atoms with E-state index in [0.29, 0.717) is 24.8 Å². The van der Waals surface area contributed by atoms with E-state index in [1.165, 1.54) is 26.0 Å². The number of nitrogens with two attached hydrogens (primary N) is 1. The Balaban J connectivity index is 2.34. The number of nitrogens with one attached hydrogen (secondary N) is 7. The first-order valence-electron chi connectivity index (χ1n) is 21.2. The second-order valence-electron chi connectivity index (χ2n) is 16.3. The highest BCUT2D eigenvalue weighted by atomic mass is 16.4. The molecule has 0 aliphatic rings. The van der Waals surface area contributed by atoms with Crippen molar-refractivity contribution in [3.63, 3.8) is 0 Å². The molecule has 0 heterocycles. The summed E-state index contributed by atoms with van der Waals surface area (Å²) in [6.45, 7) is 12.8. The van der Waals surface area contributed by atoms with Gasteiger partial charge in [0.2, 0.25) is 35.4 Å². The van der Waals surface area contributed by atoms with Crippen molar-refractivity contribution in [1.29, 1.82) is 0 Å². The van der Waals surface area contributed by atoms with Crippen molar-refractivity contribution in [3.8, 4) is 5.75 Å². The van der Waals surface area contributed by atoms with Crippen LogP contribution in [0.1, 0.15) is 79.4 Å². The average Bonchev–Trinajstić information content (AvgIpc) is 3.23. The van der Waals surface area contributed by atoms with E-state index in [2.05, 4.69) is 37.2 Å². The van der Waals surface area contributed by atoms with Crippen LogP contribution in [0.4, 0.5) is 0 Å². The molecule has 0 saturated carbocycles. The number of aliphatic hydroxyl groups is 1. The zero-order chi connectivity index (χ0) is 46.7. The first-order chi connectivity index (χ1) is 29.2. The number of carbonyl (C=O) groups excluding carboxylic acids is 6. The van der Waals surface area contributed by atoms with Crippen LogP contribution in [0.2, 0.25) is 0 Å². The lowest BCUT2D eigenvalue weighted by molar-refractivity contribution is -0.142. The van der Waals surface area contributed by atoms with Crippen LogP contribution in [0.25, 0.3) is 0 Å². The third kappa shape index (κ3) is 17.4. The number of amides is 6. The van der Waals surface area contributed by atoms with E-state index >= 15 is 0 Å². The van der Waals surface area contributed by atoms with Gasteiger partial charge in [0.25, 0.3) is 0 Å². The predicted octanol–water partition coefficient (Wildman–Crippen LogP) is 0.237. The molecule has 10 atom stereocenters. The van der Waals surface area contributed by atoms with Crippen molar-refractivity contribution >= 4 is 41.4 Å². The second kappa shape index (κ2) is 26.0. The lowest BCUT2D eigenvalue weighted by Gasteiger charge is -2.30. The Morgan fingerprint density at radius 2 is 1.18 bits per heavy atom. The molecule has 0 radical (unpaired) electrons. The molecule has 2 aromatic carbocycles. The molecule has 0 aliphatic carbocycles. The molecule has 2 rings (SSSR count). The summed E-state index contributed by atoms with van der Waals surface area (Å²) >= 11 is 0. The Labute approximate surface area is 364 Å². The minimum absolute atomic E-state index is 0.0206. The van der Waals surface area contributed by atoms with Crippen molar-refractivity contribution in [3.05, 3.63) is 65.7 Å². The van der Waals surface area contributed by atoms with Gasteiger partial charge in [0, 0.05) is 12.6 Å². The van der Waals surface area contributed by atoms with Gasteiger partial charge in [-0.2, -0.15) is 0 Å². The molecule has 0 saturated heterocycles. The third-order valence-electron chi connectivity index (χ3n) is 10.8. The van der Waals surface area contributed by atoms with Crippen LogP contribution in [0.5, 0.6) is 5.75 Å². The number of benzene rings is 2. The van der Waals surface area contributed by atoms with Crippen molar-refractivity contribution in [2.75, 3.05) is 13.1 Å². The van der Waals surface area contributed by atoms with Crippen molar-refractivity contribution in [2.24, 2.45) is 23.5 Å². The van der Waals surface area contributed by atoms with E-state index in [1.54, 1.807) is 39.8 Å². The summed E-state index contributed by atoms with van der Waals surface area (Å²) in [6, 6.07) is 8.15. The molecule has 2 aromatic rings. The van der Waals surface area contributed by atoms with Gasteiger partial charge in [0.1, 0.15) is 29.9 Å². The van der Waals surface area contributed by atoms with E-state index in [0.717, 1.165) is 5.56 Å². The largest absolute Gasteiger partial charge is 0.508 e. The fraction of sp³-hybridized carbons (Fsp3) is 0.568. The summed E-state index contributed by atoms with van der Waals surface area (Å²) in [5.41, 5.74) is 7.54. The Hall–Kier alpha value is -5.59. The highest BCUT2D eigenvalue weighted by Crippen LogP contribution is 2.15. The zero-order valence-electron chi connectivity index (χ0n) is 37.1. The smallest absolute Gasteiger partial charge is 0.325 e. The normalized spacial score (nSPS) is 16.1. The summed E-state index contributed by atoms with van der Waals surface area (Å²) in [6.07, 6.45) is 0.196. The molecule has 344 valence electrons. The molecular weight excluding hydrogens is 801 g/mol. The Morgan fingerprint density at radius 3 is 1.73 bits per heavy atom. The standard InChI is InChI=1S/C44H68N8O10/c1-9-25(5)35(45)40(57)52-38(28(8)53)41(58)47-23-34(55)49-31(20-29-14-12-11-13-15-29)22-46-33(21-30-16-18-32(54)19-17-30)39(56)51-37(26(6)10-2)43(60)50-36(24(3)4)42(59)48-27(7)44(61)62/h11-19,24-28,31,33,35-38,46,53-54H,9-10,20-23,45H2,1-8H3,(H,47,58)(H,48,59)(H,49,55)(H,50,60)(H,51,56)(H,52,57)(H,61,62)/t25-,26-,27-,28+,31-,33-,35-,36-,37-,38-/m0/s1. The van der Waals surface area contributed by atoms with Gasteiger partial charge >= 0.3 is 5.97 Å². The van der Waals surface area contributed by atoms with Gasteiger partial charge in [-0.1, -0.05) is 96.8 Å². The van der Waals surface area contributed by atoms with E-state index in [4.69, 9.17) is 5.73 Å². The summed E-state index contributed by atoms with van der Waals surface area (Å²) in [5, 5.41) is 48.5. The first-order valence-corrected chi connectivity index (χ1v) is 21.2. The summed E-state index contributed by atoms with van der Waals surface area (Å²) < 4.78 is 0. The molecule has 12 N–H and O–H groups in total. The van der Waals surface area contributed by atoms with E-state index in [1.807, 2.05) is 44.2 Å². The molecule has 0 aromatic heterocycles. The van der Waals surface area contributed by atoms with Crippen LogP contribution in [0.3, 0.4) is 0 Å². The zero-order valence-corrected chi connectivity index (χ0v) is 37.1. The molecule has 0 aliphatic heterocycles. The van der Waals surface area contributed by atoms with Crippen LogP contribution in [-0.4, -0.2) is 118 Å². The molecular formula is C44H68N8O10. The van der Waals surface area contributed by atoms with Gasteiger partial charge < -0.3 is 58.3 Å². The predicted molar refractivity (Wildman–Crippen MR) is 233 cm³/mol.